The molecule has 0 aliphatic carbocycles. The van der Waals surface area contributed by atoms with Crippen LogP contribution in [-0.4, -0.2) is 5.96 Å². The van der Waals surface area contributed by atoms with Crippen molar-refractivity contribution in [3.63, 3.8) is 0 Å². The van der Waals surface area contributed by atoms with Gasteiger partial charge >= 0.3 is 0 Å². The van der Waals surface area contributed by atoms with Gasteiger partial charge in [0.2, 0.25) is 0 Å². The summed E-state index contributed by atoms with van der Waals surface area (Å²) < 4.78 is 12.9. The number of guanidine groups is 1. The Bertz CT molecular complexity index is 338. The van der Waals surface area contributed by atoms with Crippen LogP contribution in [-0.2, 0) is 0 Å². The zero-order chi connectivity index (χ0) is 10.0. The molecule has 0 atom stereocenters. The molecule has 1 rings (SSSR count). The van der Waals surface area contributed by atoms with Crippen molar-refractivity contribution in [1.29, 1.82) is 0 Å². The Labute approximate surface area is 84.1 Å². The highest BCUT2D eigenvalue weighted by Crippen LogP contribution is 2.28. The summed E-state index contributed by atoms with van der Waals surface area (Å²) in [7, 11) is 0. The van der Waals surface area contributed by atoms with E-state index in [0.717, 1.165) is 0 Å². The quantitative estimate of drug-likeness (QED) is 0.433. The highest BCUT2D eigenvalue weighted by Gasteiger charge is 2.06. The minimum absolute atomic E-state index is 0.118. The fourth-order valence-electron chi connectivity index (χ4n) is 0.756. The van der Waals surface area contributed by atoms with Gasteiger partial charge in [0.15, 0.2) is 11.8 Å². The molecular formula is C7H6Cl2FN3. The number of nitrogens with two attached hydrogens (primary N) is 2. The number of benzene rings is 1. The molecule has 13 heavy (non-hydrogen) atoms. The van der Waals surface area contributed by atoms with Crippen LogP contribution in [0.1, 0.15) is 0 Å². The second-order valence-corrected chi connectivity index (χ2v) is 3.07. The summed E-state index contributed by atoms with van der Waals surface area (Å²) in [6.45, 7) is 0. The average Bonchev–Trinajstić information content (AvgIpc) is 1.98. The Morgan fingerprint density at radius 3 is 2.08 bits per heavy atom. The number of rotatable bonds is 1. The largest absolute Gasteiger partial charge is 0.370 e. The maximum Gasteiger partial charge on any atom is 0.191 e. The van der Waals surface area contributed by atoms with Crippen molar-refractivity contribution < 1.29 is 4.39 Å². The minimum Gasteiger partial charge on any atom is -0.370 e. The summed E-state index contributed by atoms with van der Waals surface area (Å²) >= 11 is 11.0. The summed E-state index contributed by atoms with van der Waals surface area (Å²) in [6.07, 6.45) is 0. The molecule has 0 bridgehead atoms. The maximum atomic E-state index is 12.9. The lowest BCUT2D eigenvalue weighted by molar-refractivity contribution is 0.629. The molecule has 4 N–H and O–H groups in total. The lowest BCUT2D eigenvalue weighted by Crippen LogP contribution is -2.21. The standard InChI is InChI=1S/C7H6Cl2FN3/c8-4-1-3(13-7(11)12)2-5(9)6(4)10/h1-2H,(H4,11,12,13). The van der Waals surface area contributed by atoms with E-state index in [2.05, 4.69) is 4.99 Å². The first-order valence-corrected chi connectivity index (χ1v) is 4.00. The van der Waals surface area contributed by atoms with Gasteiger partial charge in [-0.25, -0.2) is 9.38 Å². The highest BCUT2D eigenvalue weighted by molar-refractivity contribution is 6.35. The van der Waals surface area contributed by atoms with Crippen LogP contribution in [0.25, 0.3) is 0 Å². The molecule has 1 aromatic rings. The Morgan fingerprint density at radius 2 is 1.69 bits per heavy atom. The van der Waals surface area contributed by atoms with Gasteiger partial charge in [-0.05, 0) is 12.1 Å². The molecule has 0 aromatic heterocycles. The molecule has 6 heteroatoms. The van der Waals surface area contributed by atoms with Crippen LogP contribution >= 0.6 is 23.2 Å². The summed E-state index contributed by atoms with van der Waals surface area (Å²) in [6, 6.07) is 2.56. The summed E-state index contributed by atoms with van der Waals surface area (Å²) in [5.41, 5.74) is 10.5. The molecule has 0 radical (unpaired) electrons. The highest BCUT2D eigenvalue weighted by atomic mass is 35.5. The monoisotopic (exact) mass is 221 g/mol. The van der Waals surface area contributed by atoms with Gasteiger partial charge in [-0.3, -0.25) is 0 Å². The topological polar surface area (TPSA) is 64.4 Å². The second kappa shape index (κ2) is 3.81. The second-order valence-electron chi connectivity index (χ2n) is 2.26. The molecule has 0 fully saturated rings. The van der Waals surface area contributed by atoms with Crippen LogP contribution < -0.4 is 11.5 Å². The SMILES string of the molecule is NC(N)=Nc1cc(Cl)c(F)c(Cl)c1. The fourth-order valence-corrected chi connectivity index (χ4v) is 1.23. The molecule has 0 saturated carbocycles. The van der Waals surface area contributed by atoms with Gasteiger partial charge in [0.25, 0.3) is 0 Å². The van der Waals surface area contributed by atoms with E-state index in [-0.39, 0.29) is 16.0 Å². The first-order chi connectivity index (χ1) is 6.00. The zero-order valence-electron chi connectivity index (χ0n) is 6.39. The molecule has 3 nitrogen and oxygen atoms in total. The molecule has 0 unspecified atom stereocenters. The third-order valence-corrected chi connectivity index (χ3v) is 1.78. The van der Waals surface area contributed by atoms with Gasteiger partial charge in [-0.2, -0.15) is 0 Å². The van der Waals surface area contributed by atoms with Crippen molar-refractivity contribution in [2.24, 2.45) is 16.5 Å². The van der Waals surface area contributed by atoms with E-state index in [1.54, 1.807) is 0 Å². The first-order valence-electron chi connectivity index (χ1n) is 3.25. The molecule has 0 aliphatic heterocycles. The number of hydrogen-bond acceptors (Lipinski definition) is 1. The third-order valence-electron chi connectivity index (χ3n) is 1.23. The Hall–Kier alpha value is -1.00. The number of halogens is 3. The predicted octanol–water partition coefficient (Wildman–Crippen LogP) is 2.04. The third kappa shape index (κ3) is 2.47. The minimum atomic E-state index is -0.683. The summed E-state index contributed by atoms with van der Waals surface area (Å²) in [5, 5.41) is -0.236. The lowest BCUT2D eigenvalue weighted by Gasteiger charge is -1.99. The van der Waals surface area contributed by atoms with Gasteiger partial charge < -0.3 is 11.5 Å². The average molecular weight is 222 g/mol. The molecule has 0 heterocycles. The molecule has 0 spiro atoms. The smallest absolute Gasteiger partial charge is 0.191 e. The van der Waals surface area contributed by atoms with Gasteiger partial charge in [0.1, 0.15) is 0 Å². The summed E-state index contributed by atoms with van der Waals surface area (Å²) in [4.78, 5) is 3.66. The van der Waals surface area contributed by atoms with Crippen molar-refractivity contribution in [2.45, 2.75) is 0 Å². The van der Waals surface area contributed by atoms with Crippen LogP contribution in [0.2, 0.25) is 10.0 Å². The number of hydrogen-bond donors (Lipinski definition) is 2. The van der Waals surface area contributed by atoms with Crippen LogP contribution in [0, 0.1) is 5.82 Å². The van der Waals surface area contributed by atoms with E-state index in [1.165, 1.54) is 12.1 Å². The van der Waals surface area contributed by atoms with E-state index in [9.17, 15) is 4.39 Å². The van der Waals surface area contributed by atoms with E-state index >= 15 is 0 Å². The molecule has 0 aliphatic rings. The molecule has 1 aromatic carbocycles. The predicted molar refractivity (Wildman–Crippen MR) is 51.9 cm³/mol. The Balaban J connectivity index is 3.21. The Kier molecular flexibility index (Phi) is 2.95. The van der Waals surface area contributed by atoms with Crippen LogP contribution in [0.15, 0.2) is 17.1 Å². The normalized spacial score (nSPS) is 9.77. The van der Waals surface area contributed by atoms with Crippen molar-refractivity contribution >= 4 is 34.8 Å². The van der Waals surface area contributed by atoms with Crippen molar-refractivity contribution in [2.75, 3.05) is 0 Å². The van der Waals surface area contributed by atoms with E-state index in [4.69, 9.17) is 34.7 Å². The van der Waals surface area contributed by atoms with Gasteiger partial charge in [-0.15, -0.1) is 0 Å². The fraction of sp³-hybridized carbons (Fsp3) is 0. The van der Waals surface area contributed by atoms with E-state index in [0.29, 0.717) is 5.69 Å². The number of nitrogens with zero attached hydrogens (tertiary/aromatic N) is 1. The van der Waals surface area contributed by atoms with Crippen molar-refractivity contribution in [1.82, 2.24) is 0 Å². The zero-order valence-corrected chi connectivity index (χ0v) is 7.90. The lowest BCUT2D eigenvalue weighted by atomic mass is 10.3. The maximum absolute atomic E-state index is 12.9. The van der Waals surface area contributed by atoms with Gasteiger partial charge in [0, 0.05) is 0 Å². The summed E-state index contributed by atoms with van der Waals surface area (Å²) in [5.74, 6) is -0.823. The molecule has 0 saturated heterocycles. The van der Waals surface area contributed by atoms with Gasteiger partial charge in [-0.1, -0.05) is 23.2 Å². The van der Waals surface area contributed by atoms with Gasteiger partial charge in [0.05, 0.1) is 15.7 Å². The molecular weight excluding hydrogens is 216 g/mol. The van der Waals surface area contributed by atoms with Crippen LogP contribution in [0.3, 0.4) is 0 Å². The van der Waals surface area contributed by atoms with Crippen LogP contribution in [0.4, 0.5) is 10.1 Å². The first kappa shape index (κ1) is 10.1. The molecule has 0 amide bonds. The molecule has 70 valence electrons. The number of aliphatic imine (C=N–C) groups is 1. The Morgan fingerprint density at radius 1 is 1.23 bits per heavy atom. The van der Waals surface area contributed by atoms with Crippen molar-refractivity contribution in [3.8, 4) is 0 Å². The van der Waals surface area contributed by atoms with E-state index < -0.39 is 5.82 Å². The van der Waals surface area contributed by atoms with Crippen molar-refractivity contribution in [3.05, 3.63) is 28.0 Å². The van der Waals surface area contributed by atoms with E-state index in [1.807, 2.05) is 0 Å². The van der Waals surface area contributed by atoms with Crippen LogP contribution in [0.5, 0.6) is 0 Å².